The van der Waals surface area contributed by atoms with Gasteiger partial charge in [0.05, 0.1) is 0 Å². The molecule has 1 heterocycles. The number of hydrogen-bond donors (Lipinski definition) is 1. The highest BCUT2D eigenvalue weighted by molar-refractivity contribution is 6.17. The molecule has 0 aliphatic heterocycles. The molecule has 13 heavy (non-hydrogen) atoms. The topological polar surface area (TPSA) is 28.7 Å². The van der Waals surface area contributed by atoms with Crippen molar-refractivity contribution in [3.8, 4) is 0 Å². The molecule has 0 aromatic carbocycles. The number of nitrogens with zero attached hydrogens (tertiary/aromatic N) is 1. The van der Waals surface area contributed by atoms with Crippen LogP contribution in [0, 0.1) is 0 Å². The monoisotopic (exact) mass is 222 g/mol. The number of aryl methyl sites for hydroxylation is 1. The molecule has 0 bridgehead atoms. The Balaban J connectivity index is 0.00000144. The summed E-state index contributed by atoms with van der Waals surface area (Å²) in [6, 6.07) is 0. The predicted molar refractivity (Wildman–Crippen MR) is 58.7 cm³/mol. The van der Waals surface area contributed by atoms with Crippen molar-refractivity contribution in [1.82, 2.24) is 9.97 Å². The third-order valence-electron chi connectivity index (χ3n) is 1.85. The third-order valence-corrected chi connectivity index (χ3v) is 2.12. The molecule has 0 radical (unpaired) electrons. The molecule has 0 saturated carbocycles. The Morgan fingerprint density at radius 1 is 1.23 bits per heavy atom. The Bertz CT molecular complexity index is 188. The molecule has 4 heteroatoms. The minimum atomic E-state index is 0. The van der Waals surface area contributed by atoms with Crippen molar-refractivity contribution in [2.45, 2.75) is 32.1 Å². The van der Waals surface area contributed by atoms with Crippen LogP contribution in [0.15, 0.2) is 12.4 Å². The Hall–Kier alpha value is -0.210. The van der Waals surface area contributed by atoms with Gasteiger partial charge in [-0.2, -0.15) is 0 Å². The number of aromatic nitrogens is 2. The van der Waals surface area contributed by atoms with Crippen LogP contribution in [0.5, 0.6) is 0 Å². The standard InChI is InChI=1S/C9H15ClN2.ClH/c10-6-4-2-1-3-5-9-11-7-8-12-9;/h7-8H,1-6H2,(H,11,12);1H. The zero-order valence-electron chi connectivity index (χ0n) is 7.63. The molecule has 0 saturated heterocycles. The number of H-pyrrole nitrogens is 1. The summed E-state index contributed by atoms with van der Waals surface area (Å²) >= 11 is 5.56. The van der Waals surface area contributed by atoms with E-state index in [1.165, 1.54) is 19.3 Å². The maximum Gasteiger partial charge on any atom is 0.105 e. The second kappa shape index (κ2) is 8.39. The van der Waals surface area contributed by atoms with Crippen molar-refractivity contribution < 1.29 is 0 Å². The van der Waals surface area contributed by atoms with Gasteiger partial charge in [0, 0.05) is 24.7 Å². The van der Waals surface area contributed by atoms with E-state index >= 15 is 0 Å². The van der Waals surface area contributed by atoms with Crippen LogP contribution >= 0.6 is 24.0 Å². The molecule has 1 aromatic rings. The largest absolute Gasteiger partial charge is 0.349 e. The first-order valence-electron chi connectivity index (χ1n) is 4.47. The van der Waals surface area contributed by atoms with Crippen LogP contribution in [0.4, 0.5) is 0 Å². The number of rotatable bonds is 6. The first-order chi connectivity index (χ1) is 5.93. The second-order valence-electron chi connectivity index (χ2n) is 2.89. The highest BCUT2D eigenvalue weighted by Crippen LogP contribution is 2.04. The number of hydrogen-bond acceptors (Lipinski definition) is 1. The van der Waals surface area contributed by atoms with E-state index in [1.807, 2.05) is 6.20 Å². The van der Waals surface area contributed by atoms with E-state index in [4.69, 9.17) is 11.6 Å². The number of nitrogens with one attached hydrogen (secondary N) is 1. The van der Waals surface area contributed by atoms with E-state index in [2.05, 4.69) is 9.97 Å². The van der Waals surface area contributed by atoms with Crippen molar-refractivity contribution in [1.29, 1.82) is 0 Å². The third kappa shape index (κ3) is 5.94. The summed E-state index contributed by atoms with van der Waals surface area (Å²) < 4.78 is 0. The van der Waals surface area contributed by atoms with Crippen LogP contribution in [0.1, 0.15) is 31.5 Å². The van der Waals surface area contributed by atoms with E-state index in [-0.39, 0.29) is 12.4 Å². The molecular formula is C9H16Cl2N2. The molecule has 0 atom stereocenters. The number of imidazole rings is 1. The number of aromatic amines is 1. The van der Waals surface area contributed by atoms with Crippen molar-refractivity contribution in [3.63, 3.8) is 0 Å². The molecule has 0 amide bonds. The molecule has 1 N–H and O–H groups in total. The van der Waals surface area contributed by atoms with Crippen molar-refractivity contribution in [2.75, 3.05) is 5.88 Å². The second-order valence-corrected chi connectivity index (χ2v) is 3.27. The fourth-order valence-electron chi connectivity index (χ4n) is 1.18. The van der Waals surface area contributed by atoms with Crippen LogP contribution in [-0.4, -0.2) is 15.8 Å². The van der Waals surface area contributed by atoms with E-state index in [0.29, 0.717) is 0 Å². The van der Waals surface area contributed by atoms with E-state index < -0.39 is 0 Å². The molecule has 0 aliphatic carbocycles. The minimum absolute atomic E-state index is 0. The molecule has 1 rings (SSSR count). The zero-order valence-corrected chi connectivity index (χ0v) is 9.20. The molecule has 76 valence electrons. The number of unbranched alkanes of at least 4 members (excludes halogenated alkanes) is 3. The Morgan fingerprint density at radius 3 is 2.62 bits per heavy atom. The lowest BCUT2D eigenvalue weighted by atomic mass is 10.1. The summed E-state index contributed by atoms with van der Waals surface area (Å²) in [4.78, 5) is 7.24. The van der Waals surface area contributed by atoms with Gasteiger partial charge in [0.2, 0.25) is 0 Å². The van der Waals surface area contributed by atoms with Crippen molar-refractivity contribution >= 4 is 24.0 Å². The number of alkyl halides is 1. The van der Waals surface area contributed by atoms with Gasteiger partial charge in [0.15, 0.2) is 0 Å². The quantitative estimate of drug-likeness (QED) is 0.582. The summed E-state index contributed by atoms with van der Waals surface area (Å²) in [5.74, 6) is 1.89. The fourth-order valence-corrected chi connectivity index (χ4v) is 1.36. The van der Waals surface area contributed by atoms with Gasteiger partial charge in [-0.05, 0) is 12.8 Å². The Labute approximate surface area is 90.5 Å². The summed E-state index contributed by atoms with van der Waals surface area (Å²) in [6.07, 6.45) is 9.58. The smallest absolute Gasteiger partial charge is 0.105 e. The molecule has 0 fully saturated rings. The Morgan fingerprint density at radius 2 is 2.00 bits per heavy atom. The SMILES string of the molecule is Cl.ClCCCCCCc1ncc[nH]1. The number of halogens is 2. The van der Waals surface area contributed by atoms with Gasteiger partial charge in [0.1, 0.15) is 5.82 Å². The molecule has 0 aliphatic rings. The van der Waals surface area contributed by atoms with Gasteiger partial charge in [-0.25, -0.2) is 4.98 Å². The van der Waals surface area contributed by atoms with Crippen LogP contribution < -0.4 is 0 Å². The average Bonchev–Trinajstić information content (AvgIpc) is 2.57. The van der Waals surface area contributed by atoms with E-state index in [1.54, 1.807) is 6.20 Å². The first-order valence-corrected chi connectivity index (χ1v) is 5.01. The summed E-state index contributed by atoms with van der Waals surface area (Å²) in [5, 5.41) is 0. The summed E-state index contributed by atoms with van der Waals surface area (Å²) in [5.41, 5.74) is 0. The Kier molecular flexibility index (Phi) is 8.26. The molecule has 0 spiro atoms. The predicted octanol–water partition coefficient (Wildman–Crippen LogP) is 3.17. The summed E-state index contributed by atoms with van der Waals surface area (Å²) in [7, 11) is 0. The normalized spacial score (nSPS) is 9.62. The molecular weight excluding hydrogens is 207 g/mol. The fraction of sp³-hybridized carbons (Fsp3) is 0.667. The van der Waals surface area contributed by atoms with Crippen molar-refractivity contribution in [2.24, 2.45) is 0 Å². The van der Waals surface area contributed by atoms with Crippen LogP contribution in [-0.2, 0) is 6.42 Å². The molecule has 0 unspecified atom stereocenters. The van der Waals surface area contributed by atoms with Crippen molar-refractivity contribution in [3.05, 3.63) is 18.2 Å². The molecule has 2 nitrogen and oxygen atoms in total. The van der Waals surface area contributed by atoms with Crippen LogP contribution in [0.3, 0.4) is 0 Å². The van der Waals surface area contributed by atoms with E-state index in [9.17, 15) is 0 Å². The van der Waals surface area contributed by atoms with Gasteiger partial charge in [0.25, 0.3) is 0 Å². The van der Waals surface area contributed by atoms with Gasteiger partial charge in [-0.3, -0.25) is 0 Å². The van der Waals surface area contributed by atoms with E-state index in [0.717, 1.165) is 24.5 Å². The maximum absolute atomic E-state index is 5.56. The van der Waals surface area contributed by atoms with Gasteiger partial charge >= 0.3 is 0 Å². The lowest BCUT2D eigenvalue weighted by Gasteiger charge is -1.96. The van der Waals surface area contributed by atoms with Crippen LogP contribution in [0.2, 0.25) is 0 Å². The average molecular weight is 223 g/mol. The summed E-state index contributed by atoms with van der Waals surface area (Å²) in [6.45, 7) is 0. The zero-order chi connectivity index (χ0) is 8.65. The minimum Gasteiger partial charge on any atom is -0.349 e. The van der Waals surface area contributed by atoms with Gasteiger partial charge in [-0.15, -0.1) is 24.0 Å². The maximum atomic E-state index is 5.56. The highest BCUT2D eigenvalue weighted by atomic mass is 35.5. The lowest BCUT2D eigenvalue weighted by molar-refractivity contribution is 0.657. The molecule has 1 aromatic heterocycles. The van der Waals surface area contributed by atoms with Gasteiger partial charge < -0.3 is 4.98 Å². The van der Waals surface area contributed by atoms with Gasteiger partial charge in [-0.1, -0.05) is 12.8 Å². The van der Waals surface area contributed by atoms with Crippen LogP contribution in [0.25, 0.3) is 0 Å². The highest BCUT2D eigenvalue weighted by Gasteiger charge is 1.93. The first kappa shape index (κ1) is 12.8. The lowest BCUT2D eigenvalue weighted by Crippen LogP contribution is -1.88.